The maximum absolute atomic E-state index is 12.9. The lowest BCUT2D eigenvalue weighted by atomic mass is 9.96. The van der Waals surface area contributed by atoms with Gasteiger partial charge in [-0.15, -0.1) is 0 Å². The Balaban J connectivity index is 1.53. The summed E-state index contributed by atoms with van der Waals surface area (Å²) in [7, 11) is 0. The normalized spacial score (nSPS) is 13.1. The minimum Gasteiger partial charge on any atom is -0.334 e. The van der Waals surface area contributed by atoms with Crippen LogP contribution in [0.2, 0.25) is 0 Å². The summed E-state index contributed by atoms with van der Waals surface area (Å²) in [5, 5.41) is 8.80. The Labute approximate surface area is 155 Å². The van der Waals surface area contributed by atoms with Gasteiger partial charge in [0.2, 0.25) is 0 Å². The molecule has 136 valence electrons. The molecule has 4 rings (SSSR count). The molecular weight excluding hydrogens is 344 g/mol. The first-order chi connectivity index (χ1) is 13.2. The second-order valence-electron chi connectivity index (χ2n) is 6.42. The van der Waals surface area contributed by atoms with E-state index in [0.717, 1.165) is 23.2 Å². The van der Waals surface area contributed by atoms with Gasteiger partial charge in [-0.2, -0.15) is 0 Å². The number of hydrogen-bond donors (Lipinski definition) is 2. The second kappa shape index (κ2) is 7.05. The zero-order valence-electron chi connectivity index (χ0n) is 14.5. The van der Waals surface area contributed by atoms with E-state index in [1.54, 1.807) is 35.0 Å². The van der Waals surface area contributed by atoms with Crippen molar-refractivity contribution in [2.45, 2.75) is 13.0 Å². The van der Waals surface area contributed by atoms with Crippen LogP contribution in [0.3, 0.4) is 0 Å². The molecule has 0 aliphatic carbocycles. The fraction of sp³-hybridized carbons (Fsp3) is 0.150. The van der Waals surface area contributed by atoms with Crippen LogP contribution >= 0.6 is 0 Å². The van der Waals surface area contributed by atoms with E-state index >= 15 is 0 Å². The predicted molar refractivity (Wildman–Crippen MR) is 97.7 cm³/mol. The number of rotatable bonds is 3. The molecule has 0 bridgehead atoms. The van der Waals surface area contributed by atoms with E-state index in [9.17, 15) is 9.59 Å². The van der Waals surface area contributed by atoms with Gasteiger partial charge in [-0.25, -0.2) is 10.5 Å². The lowest BCUT2D eigenvalue weighted by Gasteiger charge is -2.29. The minimum absolute atomic E-state index is 0.0464. The summed E-state index contributed by atoms with van der Waals surface area (Å²) < 4.78 is 1.87. The average Bonchev–Trinajstić information content (AvgIpc) is 3.27. The first-order valence-corrected chi connectivity index (χ1v) is 8.59. The zero-order valence-corrected chi connectivity index (χ0v) is 14.5. The van der Waals surface area contributed by atoms with Crippen LogP contribution in [0.1, 0.15) is 31.8 Å². The lowest BCUT2D eigenvalue weighted by molar-refractivity contribution is 0.0706. The quantitative estimate of drug-likeness (QED) is 0.552. The van der Waals surface area contributed by atoms with Crippen LogP contribution in [-0.4, -0.2) is 38.0 Å². The molecule has 1 aliphatic heterocycles. The van der Waals surface area contributed by atoms with Gasteiger partial charge in [0, 0.05) is 42.3 Å². The number of fused-ring (bicyclic) bond motifs is 1. The topological polar surface area (TPSA) is 87.5 Å². The third kappa shape index (κ3) is 3.32. The first-order valence-electron chi connectivity index (χ1n) is 8.59. The van der Waals surface area contributed by atoms with Crippen molar-refractivity contribution in [1.82, 2.24) is 19.9 Å². The number of nitrogens with zero attached hydrogens (tertiary/aromatic N) is 3. The van der Waals surface area contributed by atoms with E-state index in [2.05, 4.69) is 4.98 Å². The van der Waals surface area contributed by atoms with Crippen LogP contribution in [0.4, 0.5) is 0 Å². The molecule has 0 atom stereocenters. The average molecular weight is 362 g/mol. The highest BCUT2D eigenvalue weighted by Crippen LogP contribution is 2.22. The van der Waals surface area contributed by atoms with Gasteiger partial charge >= 0.3 is 0 Å². The van der Waals surface area contributed by atoms with E-state index in [-0.39, 0.29) is 5.91 Å². The summed E-state index contributed by atoms with van der Waals surface area (Å²) in [6.07, 6.45) is 5.99. The molecule has 7 heteroatoms. The summed E-state index contributed by atoms with van der Waals surface area (Å²) in [6.45, 7) is 1.06. The monoisotopic (exact) mass is 362 g/mol. The lowest BCUT2D eigenvalue weighted by Crippen LogP contribution is -2.36. The predicted octanol–water partition coefficient (Wildman–Crippen LogP) is 2.19. The molecule has 0 saturated carbocycles. The highest BCUT2D eigenvalue weighted by atomic mass is 16.5. The van der Waals surface area contributed by atoms with Crippen molar-refractivity contribution >= 4 is 11.8 Å². The Kier molecular flexibility index (Phi) is 4.43. The first kappa shape index (κ1) is 17.0. The number of hydroxylamine groups is 1. The Morgan fingerprint density at radius 2 is 1.81 bits per heavy atom. The Morgan fingerprint density at radius 1 is 1.04 bits per heavy atom. The Morgan fingerprint density at radius 3 is 2.52 bits per heavy atom. The molecule has 0 spiro atoms. The molecule has 1 aliphatic rings. The van der Waals surface area contributed by atoms with Crippen molar-refractivity contribution in [2.24, 2.45) is 0 Å². The molecule has 7 nitrogen and oxygen atoms in total. The van der Waals surface area contributed by atoms with Crippen LogP contribution in [-0.2, 0) is 13.0 Å². The van der Waals surface area contributed by atoms with Crippen molar-refractivity contribution < 1.29 is 14.8 Å². The van der Waals surface area contributed by atoms with Gasteiger partial charge in [0.05, 0.1) is 6.33 Å². The molecule has 2 N–H and O–H groups in total. The standard InChI is InChI=1S/C20H18N4O3/c25-19(22-27)16-2-1-14-7-9-23(12-17(14)11-16)20(26)15-3-5-18(6-4-15)24-10-8-21-13-24/h1-6,8,10-11,13,27H,7,9,12H2,(H,22,25). The van der Waals surface area contributed by atoms with Crippen LogP contribution in [0.25, 0.3) is 5.69 Å². The largest absolute Gasteiger partial charge is 0.334 e. The number of carbonyl (C=O) groups excluding carboxylic acids is 2. The SMILES string of the molecule is O=C(NO)c1ccc2c(c1)CN(C(=O)c1ccc(-n3ccnc3)cc1)CC2. The molecule has 27 heavy (non-hydrogen) atoms. The molecule has 2 heterocycles. The highest BCUT2D eigenvalue weighted by Gasteiger charge is 2.22. The van der Waals surface area contributed by atoms with Crippen LogP contribution in [0, 0.1) is 0 Å². The van der Waals surface area contributed by atoms with Crippen LogP contribution in [0.15, 0.2) is 61.2 Å². The molecule has 1 aromatic heterocycles. The number of hydrogen-bond acceptors (Lipinski definition) is 4. The summed E-state index contributed by atoms with van der Waals surface area (Å²) in [5.41, 5.74) is 5.60. The summed E-state index contributed by atoms with van der Waals surface area (Å²) in [6, 6.07) is 12.7. The van der Waals surface area contributed by atoms with E-state index in [4.69, 9.17) is 5.21 Å². The number of amides is 2. The minimum atomic E-state index is -0.559. The third-order valence-electron chi connectivity index (χ3n) is 4.79. The van der Waals surface area contributed by atoms with Gasteiger partial charge in [-0.05, 0) is 53.9 Å². The molecule has 0 saturated heterocycles. The maximum atomic E-state index is 12.9. The molecule has 3 aromatic rings. The fourth-order valence-electron chi connectivity index (χ4n) is 3.31. The smallest absolute Gasteiger partial charge is 0.274 e. The van der Waals surface area contributed by atoms with Gasteiger partial charge in [-0.3, -0.25) is 14.8 Å². The van der Waals surface area contributed by atoms with E-state index < -0.39 is 5.91 Å². The van der Waals surface area contributed by atoms with Gasteiger partial charge < -0.3 is 9.47 Å². The fourth-order valence-corrected chi connectivity index (χ4v) is 3.31. The van der Waals surface area contributed by atoms with Crippen molar-refractivity contribution in [3.8, 4) is 5.69 Å². The van der Waals surface area contributed by atoms with Crippen LogP contribution < -0.4 is 5.48 Å². The Hall–Kier alpha value is -3.45. The molecule has 2 aromatic carbocycles. The molecule has 2 amide bonds. The van der Waals surface area contributed by atoms with Gasteiger partial charge in [0.25, 0.3) is 11.8 Å². The van der Waals surface area contributed by atoms with E-state index in [1.807, 2.05) is 41.1 Å². The zero-order chi connectivity index (χ0) is 18.8. The number of carbonyl (C=O) groups is 2. The van der Waals surface area contributed by atoms with Gasteiger partial charge in [0.1, 0.15) is 0 Å². The van der Waals surface area contributed by atoms with Gasteiger partial charge in [-0.1, -0.05) is 6.07 Å². The van der Waals surface area contributed by atoms with Crippen LogP contribution in [0.5, 0.6) is 0 Å². The number of nitrogens with one attached hydrogen (secondary N) is 1. The Bertz CT molecular complexity index is 981. The van der Waals surface area contributed by atoms with E-state index in [1.165, 1.54) is 0 Å². The van der Waals surface area contributed by atoms with Crippen molar-refractivity contribution in [2.75, 3.05) is 6.54 Å². The van der Waals surface area contributed by atoms with E-state index in [0.29, 0.717) is 24.2 Å². The molecule has 0 fully saturated rings. The van der Waals surface area contributed by atoms with Gasteiger partial charge in [0.15, 0.2) is 0 Å². The molecular formula is C20H18N4O3. The molecule has 0 unspecified atom stereocenters. The summed E-state index contributed by atoms with van der Waals surface area (Å²) in [4.78, 5) is 30.3. The second-order valence-corrected chi connectivity index (χ2v) is 6.42. The summed E-state index contributed by atoms with van der Waals surface area (Å²) >= 11 is 0. The van der Waals surface area contributed by atoms with Crippen molar-refractivity contribution in [1.29, 1.82) is 0 Å². The highest BCUT2D eigenvalue weighted by molar-refractivity contribution is 5.95. The van der Waals surface area contributed by atoms with Crippen molar-refractivity contribution in [3.05, 3.63) is 83.4 Å². The number of benzene rings is 2. The number of aromatic nitrogens is 2. The molecule has 0 radical (unpaired) electrons. The maximum Gasteiger partial charge on any atom is 0.274 e. The summed E-state index contributed by atoms with van der Waals surface area (Å²) in [5.74, 6) is -0.605. The van der Waals surface area contributed by atoms with Crippen molar-refractivity contribution in [3.63, 3.8) is 0 Å². The number of imidazole rings is 1. The third-order valence-corrected chi connectivity index (χ3v) is 4.79.